The van der Waals surface area contributed by atoms with Crippen molar-refractivity contribution in [1.29, 1.82) is 0 Å². The Hall–Kier alpha value is -2.41. The number of H-pyrrole nitrogens is 1. The third kappa shape index (κ3) is 2.15. The first-order chi connectivity index (χ1) is 9.25. The molecule has 0 saturated heterocycles. The van der Waals surface area contributed by atoms with E-state index in [-0.39, 0.29) is 6.61 Å². The largest absolute Gasteiger partial charge is 0.483 e. The smallest absolute Gasteiger partial charge is 0.214 e. The maximum Gasteiger partial charge on any atom is 0.214 e. The van der Waals surface area contributed by atoms with Gasteiger partial charge in [-0.05, 0) is 24.4 Å². The zero-order chi connectivity index (χ0) is 13.2. The van der Waals surface area contributed by atoms with Crippen LogP contribution >= 0.6 is 12.2 Å². The van der Waals surface area contributed by atoms with Gasteiger partial charge >= 0.3 is 0 Å². The number of fused-ring (bicyclic) bond motifs is 1. The Bertz CT molecular complexity index is 774. The molecule has 0 spiro atoms. The van der Waals surface area contributed by atoms with Crippen molar-refractivity contribution in [2.45, 2.75) is 6.61 Å². The number of nitrogens with two attached hydrogens (primary N) is 1. The molecule has 0 amide bonds. The summed E-state index contributed by atoms with van der Waals surface area (Å²) in [6.07, 6.45) is 1.73. The molecule has 0 atom stereocenters. The first-order valence-electron chi connectivity index (χ1n) is 5.63. The first-order valence-corrected chi connectivity index (χ1v) is 6.04. The van der Waals surface area contributed by atoms with Gasteiger partial charge in [0.1, 0.15) is 17.9 Å². The first kappa shape index (κ1) is 11.7. The third-order valence-corrected chi connectivity index (χ3v) is 3.02. The van der Waals surface area contributed by atoms with Crippen LogP contribution in [-0.4, -0.2) is 19.9 Å². The quantitative estimate of drug-likeness (QED) is 0.561. The van der Waals surface area contributed by atoms with E-state index in [4.69, 9.17) is 22.8 Å². The summed E-state index contributed by atoms with van der Waals surface area (Å²) in [4.78, 5) is 4.31. The highest BCUT2D eigenvalue weighted by molar-refractivity contribution is 7.71. The number of hydrogen-bond donors (Lipinski definition) is 2. The average Bonchev–Trinajstić information content (AvgIpc) is 2.76. The molecule has 1 aromatic carbocycles. The summed E-state index contributed by atoms with van der Waals surface area (Å²) in [6.45, 7) is 0.222. The average molecular weight is 273 g/mol. The van der Waals surface area contributed by atoms with E-state index in [1.807, 2.05) is 30.3 Å². The molecule has 3 aromatic rings. The molecule has 96 valence electrons. The van der Waals surface area contributed by atoms with Gasteiger partial charge in [-0.25, -0.2) is 4.68 Å². The van der Waals surface area contributed by atoms with Crippen LogP contribution in [0.4, 0.5) is 0 Å². The molecular formula is C12H11N5OS. The SMILES string of the molecule is Nn1c(COc2cccc3cccnc23)n[nH]c1=S. The molecule has 0 aliphatic heterocycles. The number of nitrogens with one attached hydrogen (secondary N) is 1. The van der Waals surface area contributed by atoms with Crippen molar-refractivity contribution in [3.05, 3.63) is 47.1 Å². The number of para-hydroxylation sites is 1. The summed E-state index contributed by atoms with van der Waals surface area (Å²) < 4.78 is 7.35. The van der Waals surface area contributed by atoms with E-state index in [1.54, 1.807) is 6.20 Å². The second kappa shape index (κ2) is 4.69. The molecule has 0 unspecified atom stereocenters. The minimum atomic E-state index is 0.222. The number of aromatic amines is 1. The molecule has 2 heterocycles. The summed E-state index contributed by atoms with van der Waals surface area (Å²) in [5, 5.41) is 7.61. The number of nitrogens with zero attached hydrogens (tertiary/aromatic N) is 3. The maximum atomic E-state index is 5.71. The van der Waals surface area contributed by atoms with E-state index >= 15 is 0 Å². The van der Waals surface area contributed by atoms with Gasteiger partial charge in [-0.3, -0.25) is 10.1 Å². The monoisotopic (exact) mass is 273 g/mol. The highest BCUT2D eigenvalue weighted by Gasteiger charge is 2.06. The Morgan fingerprint density at radius 1 is 1.32 bits per heavy atom. The van der Waals surface area contributed by atoms with Crippen LogP contribution in [0.3, 0.4) is 0 Å². The molecule has 19 heavy (non-hydrogen) atoms. The molecule has 2 aromatic heterocycles. The topological polar surface area (TPSA) is 81.8 Å². The van der Waals surface area contributed by atoms with Gasteiger partial charge in [0, 0.05) is 11.6 Å². The number of ether oxygens (including phenoxy) is 1. The van der Waals surface area contributed by atoms with Crippen LogP contribution in [0.15, 0.2) is 36.5 Å². The lowest BCUT2D eigenvalue weighted by Gasteiger charge is -2.07. The molecular weight excluding hydrogens is 262 g/mol. The van der Waals surface area contributed by atoms with Gasteiger partial charge in [0.15, 0.2) is 5.82 Å². The Morgan fingerprint density at radius 3 is 2.95 bits per heavy atom. The lowest BCUT2D eigenvalue weighted by molar-refractivity contribution is 0.295. The van der Waals surface area contributed by atoms with Gasteiger partial charge < -0.3 is 10.6 Å². The summed E-state index contributed by atoms with van der Waals surface area (Å²) in [7, 11) is 0. The van der Waals surface area contributed by atoms with Gasteiger partial charge in [-0.15, -0.1) is 0 Å². The maximum absolute atomic E-state index is 5.71. The molecule has 0 aliphatic carbocycles. The Morgan fingerprint density at radius 2 is 2.16 bits per heavy atom. The fourth-order valence-corrected chi connectivity index (χ4v) is 1.93. The van der Waals surface area contributed by atoms with Crippen LogP contribution in [0.25, 0.3) is 10.9 Å². The molecule has 7 heteroatoms. The Balaban J connectivity index is 1.90. The van der Waals surface area contributed by atoms with Crippen LogP contribution < -0.4 is 10.6 Å². The predicted molar refractivity (Wildman–Crippen MR) is 73.6 cm³/mol. The van der Waals surface area contributed by atoms with E-state index in [9.17, 15) is 0 Å². The number of nitrogen functional groups attached to an aromatic ring is 1. The third-order valence-electron chi connectivity index (χ3n) is 2.73. The highest BCUT2D eigenvalue weighted by atomic mass is 32.1. The molecule has 3 N–H and O–H groups in total. The molecule has 0 saturated carbocycles. The van der Waals surface area contributed by atoms with Crippen molar-refractivity contribution < 1.29 is 4.74 Å². The van der Waals surface area contributed by atoms with Crippen LogP contribution in [0.5, 0.6) is 5.75 Å². The number of pyridine rings is 1. The van der Waals surface area contributed by atoms with E-state index < -0.39 is 0 Å². The number of benzene rings is 1. The van der Waals surface area contributed by atoms with Gasteiger partial charge in [0.2, 0.25) is 4.77 Å². The van der Waals surface area contributed by atoms with Crippen LogP contribution in [0, 0.1) is 4.77 Å². The fraction of sp³-hybridized carbons (Fsp3) is 0.0833. The predicted octanol–water partition coefficient (Wildman–Crippen LogP) is 1.78. The van der Waals surface area contributed by atoms with Crippen LogP contribution in [0.2, 0.25) is 0 Å². The van der Waals surface area contributed by atoms with Crippen molar-refractivity contribution >= 4 is 23.1 Å². The van der Waals surface area contributed by atoms with Gasteiger partial charge in [0.05, 0.1) is 0 Å². The lowest BCUT2D eigenvalue weighted by Crippen LogP contribution is -2.14. The van der Waals surface area contributed by atoms with Crippen LogP contribution in [-0.2, 0) is 6.61 Å². The zero-order valence-electron chi connectivity index (χ0n) is 9.91. The summed E-state index contributed by atoms with van der Waals surface area (Å²) in [5.74, 6) is 6.92. The molecule has 0 aliphatic rings. The second-order valence-corrected chi connectivity index (χ2v) is 4.32. The van der Waals surface area contributed by atoms with E-state index in [2.05, 4.69) is 15.2 Å². The zero-order valence-corrected chi connectivity index (χ0v) is 10.7. The van der Waals surface area contributed by atoms with Gasteiger partial charge in [0.25, 0.3) is 0 Å². The van der Waals surface area contributed by atoms with Crippen molar-refractivity contribution in [3.8, 4) is 5.75 Å². The molecule has 6 nitrogen and oxygen atoms in total. The number of rotatable bonds is 3. The second-order valence-electron chi connectivity index (χ2n) is 3.93. The normalized spacial score (nSPS) is 10.7. The highest BCUT2D eigenvalue weighted by Crippen LogP contribution is 2.23. The van der Waals surface area contributed by atoms with Crippen molar-refractivity contribution in [2.24, 2.45) is 0 Å². The number of aromatic nitrogens is 4. The van der Waals surface area contributed by atoms with Crippen molar-refractivity contribution in [1.82, 2.24) is 19.9 Å². The van der Waals surface area contributed by atoms with Gasteiger partial charge in [-0.1, -0.05) is 18.2 Å². The van der Waals surface area contributed by atoms with Crippen molar-refractivity contribution in [3.63, 3.8) is 0 Å². The molecule has 0 bridgehead atoms. The number of hydrogen-bond acceptors (Lipinski definition) is 5. The summed E-state index contributed by atoms with van der Waals surface area (Å²) >= 11 is 4.93. The van der Waals surface area contributed by atoms with Crippen molar-refractivity contribution in [2.75, 3.05) is 5.84 Å². The standard InChI is InChI=1S/C12H11N5OS/c13-17-10(15-16-12(17)19)7-18-9-5-1-3-8-4-2-6-14-11(8)9/h1-6H,7,13H2,(H,16,19). The fourth-order valence-electron chi connectivity index (χ4n) is 1.77. The molecule has 0 fully saturated rings. The molecule has 0 radical (unpaired) electrons. The van der Waals surface area contributed by atoms with Gasteiger partial charge in [-0.2, -0.15) is 5.10 Å². The van der Waals surface area contributed by atoms with E-state index in [0.29, 0.717) is 16.3 Å². The lowest BCUT2D eigenvalue weighted by atomic mass is 10.2. The summed E-state index contributed by atoms with van der Waals surface area (Å²) in [5.41, 5.74) is 0.808. The van der Waals surface area contributed by atoms with E-state index in [1.165, 1.54) is 4.68 Å². The minimum absolute atomic E-state index is 0.222. The van der Waals surface area contributed by atoms with Crippen LogP contribution in [0.1, 0.15) is 5.82 Å². The Kier molecular flexibility index (Phi) is 2.88. The van der Waals surface area contributed by atoms with E-state index in [0.717, 1.165) is 10.9 Å². The Labute approximate surface area is 113 Å². The summed E-state index contributed by atoms with van der Waals surface area (Å²) in [6, 6.07) is 9.62. The minimum Gasteiger partial charge on any atom is -0.483 e. The molecule has 3 rings (SSSR count).